The van der Waals surface area contributed by atoms with Gasteiger partial charge >= 0.3 is 0 Å². The number of benzene rings is 2. The monoisotopic (exact) mass is 420 g/mol. The van der Waals surface area contributed by atoms with Gasteiger partial charge in [-0.2, -0.15) is 0 Å². The van der Waals surface area contributed by atoms with Gasteiger partial charge in [-0.1, -0.05) is 24.4 Å². The summed E-state index contributed by atoms with van der Waals surface area (Å²) in [5.74, 6) is 0.0137. The Morgan fingerprint density at radius 2 is 1.61 bits per heavy atom. The number of halogens is 1. The second-order valence-electron chi connectivity index (χ2n) is 7.13. The van der Waals surface area contributed by atoms with E-state index in [0.717, 1.165) is 44.3 Å². The molecule has 1 aliphatic heterocycles. The molecule has 0 N–H and O–H groups in total. The van der Waals surface area contributed by atoms with Gasteiger partial charge in [-0.05, 0) is 67.8 Å². The third-order valence-electron chi connectivity index (χ3n) is 5.15. The quantitative estimate of drug-likeness (QED) is 0.732. The zero-order valence-corrected chi connectivity index (χ0v) is 17.8. The maximum atomic E-state index is 12.9. The summed E-state index contributed by atoms with van der Waals surface area (Å²) < 4.78 is 27.1. The van der Waals surface area contributed by atoms with Crippen LogP contribution in [0, 0.1) is 6.92 Å². The molecule has 0 unspecified atom stereocenters. The molecule has 1 heterocycles. The Morgan fingerprint density at radius 3 is 2.18 bits per heavy atom. The van der Waals surface area contributed by atoms with Gasteiger partial charge in [-0.15, -0.1) is 0 Å². The van der Waals surface area contributed by atoms with E-state index in [1.165, 1.54) is 23.5 Å². The molecule has 3 rings (SSSR count). The van der Waals surface area contributed by atoms with Crippen molar-refractivity contribution in [3.05, 3.63) is 58.6 Å². The van der Waals surface area contributed by atoms with Crippen LogP contribution in [0.4, 0.5) is 5.69 Å². The highest BCUT2D eigenvalue weighted by Crippen LogP contribution is 2.27. The van der Waals surface area contributed by atoms with Crippen molar-refractivity contribution in [1.29, 1.82) is 0 Å². The van der Waals surface area contributed by atoms with Crippen molar-refractivity contribution in [2.24, 2.45) is 0 Å². The van der Waals surface area contributed by atoms with E-state index in [9.17, 15) is 13.2 Å². The molecule has 1 saturated heterocycles. The van der Waals surface area contributed by atoms with E-state index in [-0.39, 0.29) is 10.8 Å². The average Bonchev–Trinajstić information content (AvgIpc) is 2.96. The molecule has 1 fully saturated rings. The van der Waals surface area contributed by atoms with Crippen LogP contribution in [-0.4, -0.2) is 39.4 Å². The lowest BCUT2D eigenvalue weighted by atomic mass is 10.1. The molecule has 2 aromatic carbocycles. The number of sulfonamides is 1. The number of anilines is 1. The summed E-state index contributed by atoms with van der Waals surface area (Å²) in [6.45, 7) is 3.39. The van der Waals surface area contributed by atoms with Crippen LogP contribution in [0.1, 0.15) is 41.6 Å². The van der Waals surface area contributed by atoms with Crippen LogP contribution in [-0.2, 0) is 10.0 Å². The smallest absolute Gasteiger partial charge is 0.264 e. The van der Waals surface area contributed by atoms with Crippen molar-refractivity contribution in [2.75, 3.05) is 24.4 Å². The third kappa shape index (κ3) is 4.33. The van der Waals surface area contributed by atoms with E-state index in [4.69, 9.17) is 11.6 Å². The highest BCUT2D eigenvalue weighted by molar-refractivity contribution is 7.92. The van der Waals surface area contributed by atoms with E-state index in [1.807, 2.05) is 11.8 Å². The van der Waals surface area contributed by atoms with Gasteiger partial charge in [-0.25, -0.2) is 8.42 Å². The normalized spacial score (nSPS) is 15.2. The van der Waals surface area contributed by atoms with Gasteiger partial charge in [0, 0.05) is 30.7 Å². The highest BCUT2D eigenvalue weighted by atomic mass is 35.5. The molecule has 7 heteroatoms. The van der Waals surface area contributed by atoms with Crippen LogP contribution in [0.5, 0.6) is 0 Å². The Hall–Kier alpha value is -2.05. The molecule has 5 nitrogen and oxygen atoms in total. The molecule has 1 aliphatic rings. The van der Waals surface area contributed by atoms with Crippen LogP contribution in [0.2, 0.25) is 5.02 Å². The van der Waals surface area contributed by atoms with Crippen molar-refractivity contribution in [2.45, 2.75) is 37.5 Å². The van der Waals surface area contributed by atoms with Gasteiger partial charge in [0.2, 0.25) is 0 Å². The number of amides is 1. The SMILES string of the molecule is Cc1cc(C(=O)N2CCCCCC2)ccc1N(C)S(=O)(=O)c1ccc(Cl)cc1. The standard InChI is InChI=1S/C21H25ClN2O3S/c1-16-15-17(21(25)24-13-5-3-4-6-14-24)7-12-20(16)23(2)28(26,27)19-10-8-18(22)9-11-19/h7-12,15H,3-6,13-14H2,1-2H3. The van der Waals surface area contributed by atoms with E-state index in [0.29, 0.717) is 16.3 Å². The van der Waals surface area contributed by atoms with Crippen LogP contribution in [0.3, 0.4) is 0 Å². The number of hydrogen-bond acceptors (Lipinski definition) is 3. The maximum absolute atomic E-state index is 12.9. The lowest BCUT2D eigenvalue weighted by Crippen LogP contribution is -2.32. The largest absolute Gasteiger partial charge is 0.339 e. The first kappa shape index (κ1) is 20.7. The lowest BCUT2D eigenvalue weighted by Gasteiger charge is -2.23. The molecular weight excluding hydrogens is 396 g/mol. The second-order valence-corrected chi connectivity index (χ2v) is 9.54. The lowest BCUT2D eigenvalue weighted by molar-refractivity contribution is 0.0761. The molecule has 0 atom stereocenters. The molecular formula is C21H25ClN2O3S. The highest BCUT2D eigenvalue weighted by Gasteiger charge is 2.24. The second kappa shape index (κ2) is 8.53. The van der Waals surface area contributed by atoms with Gasteiger partial charge in [-0.3, -0.25) is 9.10 Å². The molecule has 0 aliphatic carbocycles. The van der Waals surface area contributed by atoms with Gasteiger partial charge in [0.15, 0.2) is 0 Å². The molecule has 0 bridgehead atoms. The number of likely N-dealkylation sites (tertiary alicyclic amines) is 1. The molecule has 0 spiro atoms. The fourth-order valence-electron chi connectivity index (χ4n) is 3.49. The van der Waals surface area contributed by atoms with Crippen LogP contribution in [0.25, 0.3) is 0 Å². The first-order valence-corrected chi connectivity index (χ1v) is 11.3. The van der Waals surface area contributed by atoms with Crippen molar-refractivity contribution in [1.82, 2.24) is 4.90 Å². The van der Waals surface area contributed by atoms with E-state index < -0.39 is 10.0 Å². The predicted molar refractivity (Wildman–Crippen MR) is 113 cm³/mol. The predicted octanol–water partition coefficient (Wildman–Crippen LogP) is 4.49. The van der Waals surface area contributed by atoms with Gasteiger partial charge in [0.1, 0.15) is 0 Å². The minimum atomic E-state index is -3.71. The summed E-state index contributed by atoms with van der Waals surface area (Å²) in [5, 5.41) is 0.481. The van der Waals surface area contributed by atoms with Gasteiger partial charge in [0.05, 0.1) is 10.6 Å². The first-order chi connectivity index (χ1) is 13.3. The topological polar surface area (TPSA) is 57.7 Å². The number of carbonyl (C=O) groups excluding carboxylic acids is 1. The molecule has 28 heavy (non-hydrogen) atoms. The summed E-state index contributed by atoms with van der Waals surface area (Å²) >= 11 is 5.86. The zero-order valence-electron chi connectivity index (χ0n) is 16.2. The number of hydrogen-bond donors (Lipinski definition) is 0. The Bertz CT molecular complexity index is 950. The average molecular weight is 421 g/mol. The Kier molecular flexibility index (Phi) is 6.30. The fraction of sp³-hybridized carbons (Fsp3) is 0.381. The van der Waals surface area contributed by atoms with Gasteiger partial charge in [0.25, 0.3) is 15.9 Å². The summed E-state index contributed by atoms with van der Waals surface area (Å²) in [4.78, 5) is 14.9. The molecule has 150 valence electrons. The Labute approximate surface area is 172 Å². The van der Waals surface area contributed by atoms with Gasteiger partial charge < -0.3 is 4.90 Å². The molecule has 0 saturated carbocycles. The van der Waals surface area contributed by atoms with Crippen molar-refractivity contribution >= 4 is 33.2 Å². The van der Waals surface area contributed by atoms with Crippen molar-refractivity contribution in [3.8, 4) is 0 Å². The number of aryl methyl sites for hydroxylation is 1. The summed E-state index contributed by atoms with van der Waals surface area (Å²) in [6, 6.07) is 11.3. The van der Waals surface area contributed by atoms with Crippen molar-refractivity contribution in [3.63, 3.8) is 0 Å². The summed E-state index contributed by atoms with van der Waals surface area (Å²) in [7, 11) is -2.19. The molecule has 0 aromatic heterocycles. The number of carbonyl (C=O) groups is 1. The first-order valence-electron chi connectivity index (χ1n) is 9.45. The zero-order chi connectivity index (χ0) is 20.3. The Balaban J connectivity index is 1.85. The minimum absolute atomic E-state index is 0.0137. The summed E-state index contributed by atoms with van der Waals surface area (Å²) in [6.07, 6.45) is 4.39. The molecule has 1 amide bonds. The molecule has 0 radical (unpaired) electrons. The van der Waals surface area contributed by atoms with Crippen LogP contribution < -0.4 is 4.31 Å². The van der Waals surface area contributed by atoms with Crippen molar-refractivity contribution < 1.29 is 13.2 Å². The fourth-order valence-corrected chi connectivity index (χ4v) is 4.88. The van der Waals surface area contributed by atoms with E-state index in [1.54, 1.807) is 30.3 Å². The van der Waals surface area contributed by atoms with Crippen LogP contribution >= 0.6 is 11.6 Å². The maximum Gasteiger partial charge on any atom is 0.264 e. The van der Waals surface area contributed by atoms with Crippen LogP contribution in [0.15, 0.2) is 47.4 Å². The summed E-state index contributed by atoms with van der Waals surface area (Å²) in [5.41, 5.74) is 1.88. The Morgan fingerprint density at radius 1 is 1.00 bits per heavy atom. The van der Waals surface area contributed by atoms with E-state index in [2.05, 4.69) is 0 Å². The van der Waals surface area contributed by atoms with E-state index >= 15 is 0 Å². The number of rotatable bonds is 4. The third-order valence-corrected chi connectivity index (χ3v) is 7.19. The minimum Gasteiger partial charge on any atom is -0.339 e. The molecule has 2 aromatic rings. The number of nitrogens with zero attached hydrogens (tertiary/aromatic N) is 2.